The number of methoxy groups -OCH3 is 1. The molecule has 0 radical (unpaired) electrons. The van der Waals surface area contributed by atoms with Crippen molar-refractivity contribution in [3.8, 4) is 0 Å². The summed E-state index contributed by atoms with van der Waals surface area (Å²) in [7, 11) is 1.34. The highest BCUT2D eigenvalue weighted by molar-refractivity contribution is 6.31. The third-order valence-electron chi connectivity index (χ3n) is 2.28. The van der Waals surface area contributed by atoms with Crippen LogP contribution in [0.3, 0.4) is 0 Å². The molecular formula is C13H10ClNO2. The number of esters is 1. The highest BCUT2D eigenvalue weighted by Gasteiger charge is 1.98. The Morgan fingerprint density at radius 3 is 3.00 bits per heavy atom. The summed E-state index contributed by atoms with van der Waals surface area (Å²) in [6.45, 7) is 0. The number of fused-ring (bicyclic) bond motifs is 1. The lowest BCUT2D eigenvalue weighted by Gasteiger charge is -1.99. The normalized spacial score (nSPS) is 10.9. The Hall–Kier alpha value is -1.87. The smallest absolute Gasteiger partial charge is 0.330 e. The molecule has 0 amide bonds. The molecular weight excluding hydrogens is 238 g/mol. The number of pyridine rings is 1. The lowest BCUT2D eigenvalue weighted by molar-refractivity contribution is -0.134. The van der Waals surface area contributed by atoms with Gasteiger partial charge in [-0.05, 0) is 29.8 Å². The van der Waals surface area contributed by atoms with E-state index in [0.717, 1.165) is 16.5 Å². The summed E-state index contributed by atoms with van der Waals surface area (Å²) in [5, 5.41) is 1.52. The van der Waals surface area contributed by atoms with E-state index in [9.17, 15) is 4.79 Å². The predicted octanol–water partition coefficient (Wildman–Crippen LogP) is 3.07. The van der Waals surface area contributed by atoms with E-state index < -0.39 is 0 Å². The van der Waals surface area contributed by atoms with Crippen LogP contribution in [0.25, 0.3) is 17.0 Å². The molecule has 0 spiro atoms. The van der Waals surface area contributed by atoms with Crippen molar-refractivity contribution < 1.29 is 9.53 Å². The Balaban J connectivity index is 2.37. The third-order valence-corrected chi connectivity index (χ3v) is 2.49. The molecule has 2 rings (SSSR count). The van der Waals surface area contributed by atoms with Crippen molar-refractivity contribution in [3.63, 3.8) is 0 Å². The van der Waals surface area contributed by atoms with Crippen molar-refractivity contribution >= 4 is 34.5 Å². The fourth-order valence-electron chi connectivity index (χ4n) is 1.46. The summed E-state index contributed by atoms with van der Waals surface area (Å²) in [6, 6.07) is 7.50. The van der Waals surface area contributed by atoms with Gasteiger partial charge in [0, 0.05) is 17.7 Å². The van der Waals surface area contributed by atoms with E-state index in [4.69, 9.17) is 11.6 Å². The second kappa shape index (κ2) is 4.97. The van der Waals surface area contributed by atoms with Crippen molar-refractivity contribution in [2.75, 3.05) is 7.11 Å². The first kappa shape index (κ1) is 11.6. The Labute approximate surface area is 104 Å². The van der Waals surface area contributed by atoms with E-state index in [1.54, 1.807) is 12.3 Å². The quantitative estimate of drug-likeness (QED) is 0.605. The van der Waals surface area contributed by atoms with Crippen LogP contribution in [0.2, 0.25) is 5.02 Å². The van der Waals surface area contributed by atoms with Crippen LogP contribution < -0.4 is 0 Å². The van der Waals surface area contributed by atoms with Gasteiger partial charge in [0.05, 0.1) is 17.6 Å². The number of hydrogen-bond acceptors (Lipinski definition) is 3. The average molecular weight is 248 g/mol. The van der Waals surface area contributed by atoms with E-state index in [0.29, 0.717) is 5.02 Å². The molecule has 1 heterocycles. The topological polar surface area (TPSA) is 39.2 Å². The molecule has 1 aromatic heterocycles. The Bertz CT molecular complexity index is 593. The Morgan fingerprint density at radius 2 is 2.24 bits per heavy atom. The number of carbonyl (C=O) groups excluding carboxylic acids is 1. The molecule has 2 aromatic rings. The van der Waals surface area contributed by atoms with Crippen molar-refractivity contribution in [3.05, 3.63) is 47.1 Å². The molecule has 3 nitrogen and oxygen atoms in total. The van der Waals surface area contributed by atoms with Crippen molar-refractivity contribution in [2.45, 2.75) is 0 Å². The summed E-state index contributed by atoms with van der Waals surface area (Å²) < 4.78 is 4.52. The van der Waals surface area contributed by atoms with Crippen LogP contribution >= 0.6 is 11.6 Å². The lowest BCUT2D eigenvalue weighted by atomic mass is 10.1. The van der Waals surface area contributed by atoms with E-state index >= 15 is 0 Å². The number of halogens is 1. The first-order chi connectivity index (χ1) is 8.19. The predicted molar refractivity (Wildman–Crippen MR) is 67.8 cm³/mol. The zero-order valence-corrected chi connectivity index (χ0v) is 9.94. The summed E-state index contributed by atoms with van der Waals surface area (Å²) in [4.78, 5) is 15.1. The van der Waals surface area contributed by atoms with Crippen LogP contribution in [0.4, 0.5) is 0 Å². The number of hydrogen-bond donors (Lipinski definition) is 0. The maximum Gasteiger partial charge on any atom is 0.330 e. The van der Waals surface area contributed by atoms with E-state index in [2.05, 4.69) is 9.72 Å². The molecule has 0 fully saturated rings. The summed E-state index contributed by atoms with van der Waals surface area (Å²) in [5.41, 5.74) is 1.76. The van der Waals surface area contributed by atoms with Gasteiger partial charge in [0.1, 0.15) is 0 Å². The van der Waals surface area contributed by atoms with E-state index in [1.807, 2.05) is 24.3 Å². The molecule has 4 heteroatoms. The zero-order valence-electron chi connectivity index (χ0n) is 9.18. The first-order valence-corrected chi connectivity index (χ1v) is 5.38. The molecule has 86 valence electrons. The van der Waals surface area contributed by atoms with Gasteiger partial charge in [0.15, 0.2) is 0 Å². The Kier molecular flexibility index (Phi) is 3.40. The van der Waals surface area contributed by atoms with Gasteiger partial charge in [-0.2, -0.15) is 0 Å². The fourth-order valence-corrected chi connectivity index (χ4v) is 1.63. The molecule has 0 saturated carbocycles. The van der Waals surface area contributed by atoms with Gasteiger partial charge in [-0.1, -0.05) is 17.7 Å². The number of aromatic nitrogens is 1. The number of benzene rings is 1. The largest absolute Gasteiger partial charge is 0.466 e. The van der Waals surface area contributed by atoms with Gasteiger partial charge >= 0.3 is 5.97 Å². The number of carbonyl (C=O) groups is 1. The molecule has 0 saturated heterocycles. The standard InChI is InChI=1S/C13H10ClNO2/c1-17-13(16)5-3-9-2-4-12-10(6-9)7-11(14)8-15-12/h2-8H,1H3/b5-3+. The third kappa shape index (κ3) is 2.82. The molecule has 0 aliphatic rings. The summed E-state index contributed by atoms with van der Waals surface area (Å²) in [6.07, 6.45) is 4.67. The maximum absolute atomic E-state index is 11.0. The van der Waals surface area contributed by atoms with E-state index in [-0.39, 0.29) is 5.97 Å². The minimum absolute atomic E-state index is 0.380. The van der Waals surface area contributed by atoms with Gasteiger partial charge in [-0.3, -0.25) is 4.98 Å². The molecule has 0 N–H and O–H groups in total. The summed E-state index contributed by atoms with van der Waals surface area (Å²) >= 11 is 5.87. The minimum Gasteiger partial charge on any atom is -0.466 e. The molecule has 1 aromatic carbocycles. The molecule has 0 atom stereocenters. The number of ether oxygens (including phenoxy) is 1. The first-order valence-electron chi connectivity index (χ1n) is 5.00. The van der Waals surface area contributed by atoms with Gasteiger partial charge in [-0.25, -0.2) is 4.79 Å². The van der Waals surface area contributed by atoms with Crippen molar-refractivity contribution in [1.82, 2.24) is 4.98 Å². The highest BCUT2D eigenvalue weighted by atomic mass is 35.5. The van der Waals surface area contributed by atoms with Crippen LogP contribution in [0, 0.1) is 0 Å². The maximum atomic E-state index is 11.0. The zero-order chi connectivity index (χ0) is 12.3. The highest BCUT2D eigenvalue weighted by Crippen LogP contribution is 2.18. The van der Waals surface area contributed by atoms with Crippen LogP contribution in [-0.2, 0) is 9.53 Å². The summed E-state index contributed by atoms with van der Waals surface area (Å²) in [5.74, 6) is -0.380. The average Bonchev–Trinajstić information content (AvgIpc) is 2.35. The molecule has 17 heavy (non-hydrogen) atoms. The number of rotatable bonds is 2. The second-order valence-corrected chi connectivity index (χ2v) is 3.90. The Morgan fingerprint density at radius 1 is 1.41 bits per heavy atom. The minimum atomic E-state index is -0.380. The van der Waals surface area contributed by atoms with Crippen molar-refractivity contribution in [1.29, 1.82) is 0 Å². The molecule has 0 aliphatic heterocycles. The van der Waals surface area contributed by atoms with Gasteiger partial charge in [0.25, 0.3) is 0 Å². The molecule has 0 aliphatic carbocycles. The molecule has 0 unspecified atom stereocenters. The van der Waals surface area contributed by atoms with Gasteiger partial charge < -0.3 is 4.74 Å². The van der Waals surface area contributed by atoms with Gasteiger partial charge in [0.2, 0.25) is 0 Å². The van der Waals surface area contributed by atoms with Crippen LogP contribution in [0.1, 0.15) is 5.56 Å². The van der Waals surface area contributed by atoms with E-state index in [1.165, 1.54) is 13.2 Å². The van der Waals surface area contributed by atoms with Gasteiger partial charge in [-0.15, -0.1) is 0 Å². The fraction of sp³-hybridized carbons (Fsp3) is 0.0769. The monoisotopic (exact) mass is 247 g/mol. The van der Waals surface area contributed by atoms with Crippen molar-refractivity contribution in [2.24, 2.45) is 0 Å². The second-order valence-electron chi connectivity index (χ2n) is 3.46. The van der Waals surface area contributed by atoms with Crippen LogP contribution in [0.5, 0.6) is 0 Å². The molecule has 0 bridgehead atoms. The van der Waals surface area contributed by atoms with Crippen LogP contribution in [0.15, 0.2) is 36.5 Å². The number of nitrogens with zero attached hydrogens (tertiary/aromatic N) is 1. The SMILES string of the molecule is COC(=O)/C=C/c1ccc2ncc(Cl)cc2c1. The lowest BCUT2D eigenvalue weighted by Crippen LogP contribution is -1.93. The van der Waals surface area contributed by atoms with Crippen LogP contribution in [-0.4, -0.2) is 18.1 Å².